The number of aromatic carboxylic acids is 1. The van der Waals surface area contributed by atoms with Gasteiger partial charge in [0.05, 0.1) is 11.6 Å². The van der Waals surface area contributed by atoms with Crippen molar-refractivity contribution in [3.8, 4) is 0 Å². The summed E-state index contributed by atoms with van der Waals surface area (Å²) in [6.45, 7) is 0. The van der Waals surface area contributed by atoms with Gasteiger partial charge in [0, 0.05) is 5.69 Å². The molecule has 0 saturated heterocycles. The summed E-state index contributed by atoms with van der Waals surface area (Å²) < 4.78 is 13.4. The van der Waals surface area contributed by atoms with E-state index in [9.17, 15) is 14.3 Å². The molecule has 3 aromatic carbocycles. The standard InChI is InChI=1S/C21H18FNO2/c22-17-11-12-19(18(14-17)21(24)25)23-20(16-9-5-2-6-10-16)13-15-7-3-1-4-8-15/h1-12,14,20,23H,13H2,(H,24,25). The molecule has 0 saturated carbocycles. The molecule has 0 aliphatic rings. The van der Waals surface area contributed by atoms with Crippen LogP contribution in [0.25, 0.3) is 0 Å². The molecular weight excluding hydrogens is 317 g/mol. The number of anilines is 1. The molecule has 0 fully saturated rings. The lowest BCUT2D eigenvalue weighted by molar-refractivity contribution is 0.0697. The van der Waals surface area contributed by atoms with Gasteiger partial charge in [0.1, 0.15) is 5.82 Å². The minimum Gasteiger partial charge on any atom is -0.478 e. The van der Waals surface area contributed by atoms with Crippen LogP contribution < -0.4 is 5.32 Å². The smallest absolute Gasteiger partial charge is 0.337 e. The highest BCUT2D eigenvalue weighted by Crippen LogP contribution is 2.26. The maximum absolute atomic E-state index is 13.4. The minimum absolute atomic E-state index is 0.0750. The first kappa shape index (κ1) is 16.7. The number of nitrogens with one attached hydrogen (secondary N) is 1. The molecule has 126 valence electrons. The first-order chi connectivity index (χ1) is 12.1. The SMILES string of the molecule is O=C(O)c1cc(F)ccc1NC(Cc1ccccc1)c1ccccc1. The molecule has 3 nitrogen and oxygen atoms in total. The Bertz CT molecular complexity index is 850. The number of carboxylic acid groups (broad SMARTS) is 1. The summed E-state index contributed by atoms with van der Waals surface area (Å²) in [4.78, 5) is 11.4. The monoisotopic (exact) mass is 335 g/mol. The minimum atomic E-state index is -1.16. The summed E-state index contributed by atoms with van der Waals surface area (Å²) >= 11 is 0. The number of hydrogen-bond donors (Lipinski definition) is 2. The quantitative estimate of drug-likeness (QED) is 0.672. The lowest BCUT2D eigenvalue weighted by atomic mass is 9.98. The number of rotatable bonds is 6. The molecule has 25 heavy (non-hydrogen) atoms. The van der Waals surface area contributed by atoms with Crippen molar-refractivity contribution < 1.29 is 14.3 Å². The maximum Gasteiger partial charge on any atom is 0.337 e. The van der Waals surface area contributed by atoms with Gasteiger partial charge in [0.25, 0.3) is 0 Å². The van der Waals surface area contributed by atoms with Gasteiger partial charge in [0.15, 0.2) is 0 Å². The fraction of sp³-hybridized carbons (Fsp3) is 0.0952. The first-order valence-electron chi connectivity index (χ1n) is 8.02. The zero-order valence-electron chi connectivity index (χ0n) is 13.5. The van der Waals surface area contributed by atoms with Crippen molar-refractivity contribution in [2.75, 3.05) is 5.32 Å². The van der Waals surface area contributed by atoms with Crippen molar-refractivity contribution in [2.45, 2.75) is 12.5 Å². The van der Waals surface area contributed by atoms with Gasteiger partial charge in [-0.05, 0) is 35.7 Å². The Hall–Kier alpha value is -3.14. The second-order valence-corrected chi connectivity index (χ2v) is 5.79. The Morgan fingerprint density at radius 1 is 0.960 bits per heavy atom. The third-order valence-corrected chi connectivity index (χ3v) is 4.03. The summed E-state index contributed by atoms with van der Waals surface area (Å²) in [6.07, 6.45) is 0.682. The van der Waals surface area contributed by atoms with Gasteiger partial charge in [-0.1, -0.05) is 60.7 Å². The molecule has 0 amide bonds. The number of halogens is 1. The maximum atomic E-state index is 13.4. The van der Waals surface area contributed by atoms with Crippen LogP contribution in [0.4, 0.5) is 10.1 Å². The molecule has 0 spiro atoms. The van der Waals surface area contributed by atoms with E-state index >= 15 is 0 Å². The summed E-state index contributed by atoms with van der Waals surface area (Å²) in [7, 11) is 0. The van der Waals surface area contributed by atoms with Gasteiger partial charge in [-0.3, -0.25) is 0 Å². The number of benzene rings is 3. The van der Waals surface area contributed by atoms with Crippen molar-refractivity contribution in [1.29, 1.82) is 0 Å². The Labute approximate surface area is 145 Å². The van der Waals surface area contributed by atoms with Crippen molar-refractivity contribution in [1.82, 2.24) is 0 Å². The van der Waals surface area contributed by atoms with Crippen LogP contribution in [0, 0.1) is 5.82 Å². The Morgan fingerprint density at radius 3 is 2.24 bits per heavy atom. The highest BCUT2D eigenvalue weighted by Gasteiger charge is 2.17. The van der Waals surface area contributed by atoms with Gasteiger partial charge in [-0.2, -0.15) is 0 Å². The summed E-state index contributed by atoms with van der Waals surface area (Å²) in [5.74, 6) is -1.73. The molecule has 3 aromatic rings. The van der Waals surface area contributed by atoms with E-state index in [1.165, 1.54) is 12.1 Å². The van der Waals surface area contributed by atoms with Crippen LogP contribution in [0.2, 0.25) is 0 Å². The molecular formula is C21H18FNO2. The van der Waals surface area contributed by atoms with Crippen LogP contribution in [0.3, 0.4) is 0 Å². The highest BCUT2D eigenvalue weighted by atomic mass is 19.1. The van der Waals surface area contributed by atoms with Gasteiger partial charge < -0.3 is 10.4 Å². The molecule has 0 aliphatic heterocycles. The first-order valence-corrected chi connectivity index (χ1v) is 8.02. The Kier molecular flexibility index (Phi) is 5.09. The largest absolute Gasteiger partial charge is 0.478 e. The average Bonchev–Trinajstić information content (AvgIpc) is 2.64. The van der Waals surface area contributed by atoms with E-state index in [2.05, 4.69) is 5.32 Å². The normalized spacial score (nSPS) is 11.7. The number of carboxylic acids is 1. The van der Waals surface area contributed by atoms with E-state index in [1.54, 1.807) is 0 Å². The Morgan fingerprint density at radius 2 is 1.60 bits per heavy atom. The number of hydrogen-bond acceptors (Lipinski definition) is 2. The lowest BCUT2D eigenvalue weighted by Crippen LogP contribution is -2.16. The fourth-order valence-electron chi connectivity index (χ4n) is 2.79. The van der Waals surface area contributed by atoms with Crippen molar-refractivity contribution >= 4 is 11.7 Å². The molecule has 0 bridgehead atoms. The van der Waals surface area contributed by atoms with Gasteiger partial charge in [-0.15, -0.1) is 0 Å². The molecule has 3 rings (SSSR count). The van der Waals surface area contributed by atoms with E-state index in [-0.39, 0.29) is 11.6 Å². The third-order valence-electron chi connectivity index (χ3n) is 4.03. The van der Waals surface area contributed by atoms with Crippen LogP contribution in [0.5, 0.6) is 0 Å². The molecule has 0 aliphatic carbocycles. The molecule has 0 aromatic heterocycles. The molecule has 2 N–H and O–H groups in total. The molecule has 1 unspecified atom stereocenters. The van der Waals surface area contributed by atoms with Crippen LogP contribution >= 0.6 is 0 Å². The third kappa shape index (κ3) is 4.23. The summed E-state index contributed by atoms with van der Waals surface area (Å²) in [5.41, 5.74) is 2.49. The topological polar surface area (TPSA) is 49.3 Å². The van der Waals surface area contributed by atoms with Gasteiger partial charge in [0.2, 0.25) is 0 Å². The van der Waals surface area contributed by atoms with Crippen LogP contribution in [-0.2, 0) is 6.42 Å². The van der Waals surface area contributed by atoms with Crippen molar-refractivity contribution in [3.63, 3.8) is 0 Å². The summed E-state index contributed by atoms with van der Waals surface area (Å²) in [6, 6.07) is 23.4. The van der Waals surface area contributed by atoms with Crippen LogP contribution in [0.1, 0.15) is 27.5 Å². The number of carbonyl (C=O) groups is 1. The fourth-order valence-corrected chi connectivity index (χ4v) is 2.79. The van der Waals surface area contributed by atoms with E-state index in [1.807, 2.05) is 60.7 Å². The van der Waals surface area contributed by atoms with Crippen LogP contribution in [-0.4, -0.2) is 11.1 Å². The van der Waals surface area contributed by atoms with Crippen molar-refractivity contribution in [2.24, 2.45) is 0 Å². The van der Waals surface area contributed by atoms with E-state index in [0.29, 0.717) is 12.1 Å². The van der Waals surface area contributed by atoms with E-state index in [0.717, 1.165) is 17.2 Å². The van der Waals surface area contributed by atoms with E-state index in [4.69, 9.17) is 0 Å². The zero-order chi connectivity index (χ0) is 17.6. The second kappa shape index (κ2) is 7.62. The zero-order valence-corrected chi connectivity index (χ0v) is 13.5. The molecule has 0 radical (unpaired) electrons. The second-order valence-electron chi connectivity index (χ2n) is 5.79. The molecule has 0 heterocycles. The molecule has 1 atom stereocenters. The molecule has 4 heteroatoms. The van der Waals surface area contributed by atoms with E-state index < -0.39 is 11.8 Å². The predicted molar refractivity (Wildman–Crippen MR) is 96.3 cm³/mol. The highest BCUT2D eigenvalue weighted by molar-refractivity contribution is 5.94. The predicted octanol–water partition coefficient (Wildman–Crippen LogP) is 4.92. The van der Waals surface area contributed by atoms with Gasteiger partial charge >= 0.3 is 5.97 Å². The van der Waals surface area contributed by atoms with Crippen LogP contribution in [0.15, 0.2) is 78.9 Å². The van der Waals surface area contributed by atoms with Gasteiger partial charge in [-0.25, -0.2) is 9.18 Å². The Balaban J connectivity index is 1.94. The average molecular weight is 335 g/mol. The van der Waals surface area contributed by atoms with Crippen molar-refractivity contribution in [3.05, 3.63) is 101 Å². The lowest BCUT2D eigenvalue weighted by Gasteiger charge is -2.22. The summed E-state index contributed by atoms with van der Waals surface area (Å²) in [5, 5.41) is 12.6.